The molecule has 0 aliphatic rings. The molecular formula is C73H138O6. The van der Waals surface area contributed by atoms with Crippen LogP contribution in [0, 0.1) is 0 Å². The van der Waals surface area contributed by atoms with Gasteiger partial charge in [-0.05, 0) is 51.4 Å². The summed E-state index contributed by atoms with van der Waals surface area (Å²) >= 11 is 0. The van der Waals surface area contributed by atoms with E-state index in [0.29, 0.717) is 19.3 Å². The minimum atomic E-state index is -0.767. The Morgan fingerprint density at radius 2 is 0.456 bits per heavy atom. The third-order valence-corrected chi connectivity index (χ3v) is 16.5. The predicted molar refractivity (Wildman–Crippen MR) is 344 cm³/mol. The smallest absolute Gasteiger partial charge is 0.306 e. The van der Waals surface area contributed by atoms with E-state index in [2.05, 4.69) is 45.1 Å². The average Bonchev–Trinajstić information content (AvgIpc) is 3.45. The second-order valence-electron chi connectivity index (χ2n) is 24.5. The summed E-state index contributed by atoms with van der Waals surface area (Å²) in [5.41, 5.74) is 0. The van der Waals surface area contributed by atoms with Gasteiger partial charge in [0.25, 0.3) is 0 Å². The van der Waals surface area contributed by atoms with Gasteiger partial charge >= 0.3 is 17.9 Å². The normalized spacial score (nSPS) is 12.1. The van der Waals surface area contributed by atoms with Crippen molar-refractivity contribution in [3.05, 3.63) is 24.3 Å². The Morgan fingerprint density at radius 1 is 0.253 bits per heavy atom. The maximum atomic E-state index is 12.9. The Morgan fingerprint density at radius 3 is 0.696 bits per heavy atom. The number of rotatable bonds is 67. The molecule has 0 heterocycles. The third kappa shape index (κ3) is 66.6. The summed E-state index contributed by atoms with van der Waals surface area (Å²) < 4.78 is 17.0. The van der Waals surface area contributed by atoms with E-state index >= 15 is 0 Å². The molecule has 0 N–H and O–H groups in total. The summed E-state index contributed by atoms with van der Waals surface area (Å²) in [6.45, 7) is 6.71. The van der Waals surface area contributed by atoms with Crippen LogP contribution in [-0.2, 0) is 28.6 Å². The van der Waals surface area contributed by atoms with E-state index < -0.39 is 6.10 Å². The molecule has 0 spiro atoms. The standard InChI is InChI=1S/C73H138O6/c1-4-7-10-13-16-19-22-25-27-29-31-33-34-35-36-37-38-40-41-43-45-48-51-54-57-60-63-66-72(75)78-69-70(68-77-71(74)65-62-59-56-53-50-47-24-21-18-15-12-9-6-3)79-73(76)67-64-61-58-55-52-49-46-44-42-39-32-30-28-26-23-20-17-14-11-8-5-2/h22,25,29,31,70H,4-21,23-24,26-28,30,32-69H2,1-3H3/b25-22-,31-29-. The fraction of sp³-hybridized carbons (Fsp3) is 0.904. The van der Waals surface area contributed by atoms with Gasteiger partial charge in [-0.15, -0.1) is 0 Å². The molecule has 79 heavy (non-hydrogen) atoms. The van der Waals surface area contributed by atoms with E-state index in [9.17, 15) is 14.4 Å². The molecular weight excluding hydrogens is 973 g/mol. The zero-order valence-corrected chi connectivity index (χ0v) is 53.7. The first-order valence-electron chi connectivity index (χ1n) is 35.8. The van der Waals surface area contributed by atoms with Gasteiger partial charge in [0.1, 0.15) is 13.2 Å². The molecule has 0 amide bonds. The summed E-state index contributed by atoms with van der Waals surface area (Å²) in [6.07, 6.45) is 83.5. The Bertz CT molecular complexity index is 1270. The first-order chi connectivity index (χ1) is 39.0. The van der Waals surface area contributed by atoms with Crippen molar-refractivity contribution in [2.24, 2.45) is 0 Å². The molecule has 0 aromatic rings. The zero-order valence-electron chi connectivity index (χ0n) is 53.7. The number of carbonyl (C=O) groups is 3. The van der Waals surface area contributed by atoms with Gasteiger partial charge in [0.05, 0.1) is 0 Å². The predicted octanol–water partition coefficient (Wildman–Crippen LogP) is 24.6. The SMILES string of the molecule is CCCCCCC/C=C\C/C=C\CCCCCCCCCCCCCCCCCC(=O)OCC(COC(=O)CCCCCCCCCCCCCCC)OC(=O)CCCCCCCCCCCCCCCCCCCCCCC. The van der Waals surface area contributed by atoms with Gasteiger partial charge in [0.15, 0.2) is 6.10 Å². The van der Waals surface area contributed by atoms with Gasteiger partial charge in [-0.2, -0.15) is 0 Å². The first kappa shape index (κ1) is 76.9. The Hall–Kier alpha value is -2.11. The van der Waals surface area contributed by atoms with Crippen molar-refractivity contribution < 1.29 is 28.6 Å². The molecule has 1 atom stereocenters. The summed E-state index contributed by atoms with van der Waals surface area (Å²) in [6, 6.07) is 0. The zero-order chi connectivity index (χ0) is 57.1. The van der Waals surface area contributed by atoms with Crippen LogP contribution in [0.25, 0.3) is 0 Å². The average molecular weight is 1110 g/mol. The maximum Gasteiger partial charge on any atom is 0.306 e. The number of unbranched alkanes of at least 4 members (excludes halogenated alkanes) is 52. The van der Waals surface area contributed by atoms with Crippen LogP contribution in [0.1, 0.15) is 406 Å². The molecule has 0 aromatic heterocycles. The Balaban J connectivity index is 4.20. The lowest BCUT2D eigenvalue weighted by Crippen LogP contribution is -2.30. The van der Waals surface area contributed by atoms with E-state index in [-0.39, 0.29) is 31.1 Å². The van der Waals surface area contributed by atoms with Gasteiger partial charge in [-0.3, -0.25) is 14.4 Å². The van der Waals surface area contributed by atoms with E-state index in [1.54, 1.807) is 0 Å². The molecule has 0 aliphatic heterocycles. The second-order valence-corrected chi connectivity index (χ2v) is 24.5. The van der Waals surface area contributed by atoms with Crippen LogP contribution in [0.2, 0.25) is 0 Å². The fourth-order valence-electron chi connectivity index (χ4n) is 11.1. The lowest BCUT2D eigenvalue weighted by atomic mass is 10.0. The van der Waals surface area contributed by atoms with Crippen LogP contribution < -0.4 is 0 Å². The van der Waals surface area contributed by atoms with Crippen LogP contribution in [0.3, 0.4) is 0 Å². The number of allylic oxidation sites excluding steroid dienone is 4. The molecule has 0 radical (unpaired) electrons. The van der Waals surface area contributed by atoms with Gasteiger partial charge in [-0.1, -0.05) is 360 Å². The monoisotopic (exact) mass is 1110 g/mol. The number of ether oxygens (including phenoxy) is 3. The quantitative estimate of drug-likeness (QED) is 0.0261. The van der Waals surface area contributed by atoms with Crippen LogP contribution in [0.4, 0.5) is 0 Å². The van der Waals surface area contributed by atoms with Crippen LogP contribution in [0.15, 0.2) is 24.3 Å². The van der Waals surface area contributed by atoms with E-state index in [0.717, 1.165) is 64.2 Å². The second kappa shape index (κ2) is 68.4. The Labute approximate surface area is 493 Å². The number of carbonyl (C=O) groups excluding carboxylic acids is 3. The number of hydrogen-bond donors (Lipinski definition) is 0. The molecule has 0 aliphatic carbocycles. The minimum Gasteiger partial charge on any atom is -0.462 e. The van der Waals surface area contributed by atoms with Crippen LogP contribution in [-0.4, -0.2) is 37.2 Å². The van der Waals surface area contributed by atoms with Gasteiger partial charge in [0.2, 0.25) is 0 Å². The van der Waals surface area contributed by atoms with Gasteiger partial charge in [0, 0.05) is 19.3 Å². The molecule has 6 nitrogen and oxygen atoms in total. The van der Waals surface area contributed by atoms with E-state index in [4.69, 9.17) is 14.2 Å². The topological polar surface area (TPSA) is 78.9 Å². The highest BCUT2D eigenvalue weighted by molar-refractivity contribution is 5.71. The summed E-state index contributed by atoms with van der Waals surface area (Å²) in [5, 5.41) is 0. The fourth-order valence-corrected chi connectivity index (χ4v) is 11.1. The van der Waals surface area contributed by atoms with Gasteiger partial charge < -0.3 is 14.2 Å². The summed E-state index contributed by atoms with van der Waals surface area (Å²) in [7, 11) is 0. The summed E-state index contributed by atoms with van der Waals surface area (Å²) in [4.78, 5) is 38.4. The number of esters is 3. The van der Waals surface area contributed by atoms with Crippen molar-refractivity contribution >= 4 is 17.9 Å². The molecule has 0 saturated heterocycles. The highest BCUT2D eigenvalue weighted by Gasteiger charge is 2.19. The molecule has 0 fully saturated rings. The molecule has 466 valence electrons. The van der Waals surface area contributed by atoms with Crippen molar-refractivity contribution in [3.8, 4) is 0 Å². The molecule has 0 bridgehead atoms. The highest BCUT2D eigenvalue weighted by Crippen LogP contribution is 2.19. The lowest BCUT2D eigenvalue weighted by Gasteiger charge is -2.18. The molecule has 6 heteroatoms. The van der Waals surface area contributed by atoms with Crippen molar-refractivity contribution in [2.45, 2.75) is 412 Å². The number of hydrogen-bond acceptors (Lipinski definition) is 6. The Kier molecular flexibility index (Phi) is 66.6. The highest BCUT2D eigenvalue weighted by atomic mass is 16.6. The van der Waals surface area contributed by atoms with E-state index in [1.165, 1.54) is 302 Å². The van der Waals surface area contributed by atoms with Crippen molar-refractivity contribution in [3.63, 3.8) is 0 Å². The summed E-state index contributed by atoms with van der Waals surface area (Å²) in [5.74, 6) is -0.829. The minimum absolute atomic E-state index is 0.0636. The van der Waals surface area contributed by atoms with Crippen molar-refractivity contribution in [1.82, 2.24) is 0 Å². The van der Waals surface area contributed by atoms with E-state index in [1.807, 2.05) is 0 Å². The van der Waals surface area contributed by atoms with Crippen molar-refractivity contribution in [1.29, 1.82) is 0 Å². The molecule has 0 saturated carbocycles. The van der Waals surface area contributed by atoms with Crippen LogP contribution in [0.5, 0.6) is 0 Å². The maximum absolute atomic E-state index is 12.9. The van der Waals surface area contributed by atoms with Gasteiger partial charge in [-0.25, -0.2) is 0 Å². The molecule has 1 unspecified atom stereocenters. The molecule has 0 aromatic carbocycles. The van der Waals surface area contributed by atoms with Crippen LogP contribution >= 0.6 is 0 Å². The largest absolute Gasteiger partial charge is 0.462 e. The molecule has 0 rings (SSSR count). The van der Waals surface area contributed by atoms with Crippen molar-refractivity contribution in [2.75, 3.05) is 13.2 Å². The third-order valence-electron chi connectivity index (χ3n) is 16.5. The lowest BCUT2D eigenvalue weighted by molar-refractivity contribution is -0.167. The first-order valence-corrected chi connectivity index (χ1v) is 35.8.